The van der Waals surface area contributed by atoms with Gasteiger partial charge in [0, 0.05) is 11.2 Å². The fourth-order valence-corrected chi connectivity index (χ4v) is 2.70. The molecule has 0 fully saturated rings. The second-order valence-electron chi connectivity index (χ2n) is 5.20. The lowest BCUT2D eigenvalue weighted by atomic mass is 10.1. The number of rotatable bonds is 13. The number of carbonyl (C=O) groups excluding carboxylic acids is 1. The number of ether oxygens (including phenoxy) is 1. The Balaban J connectivity index is 3.24. The van der Waals surface area contributed by atoms with Gasteiger partial charge in [-0.25, -0.2) is 0 Å². The first-order valence-corrected chi connectivity index (χ1v) is 8.92. The minimum absolute atomic E-state index is 0.0668. The molecule has 0 rings (SSSR count). The molecule has 0 aromatic heterocycles. The SMILES string of the molecule is CCCCCCCCCCC(Br)CCC(=O)OCC. The molecule has 0 saturated heterocycles. The van der Waals surface area contributed by atoms with E-state index in [0.29, 0.717) is 17.9 Å². The molecular formula is C16H31BrO2. The Morgan fingerprint density at radius 3 is 2.11 bits per heavy atom. The monoisotopic (exact) mass is 334 g/mol. The van der Waals surface area contributed by atoms with Crippen molar-refractivity contribution >= 4 is 21.9 Å². The average molecular weight is 335 g/mol. The molecule has 0 aliphatic carbocycles. The summed E-state index contributed by atoms with van der Waals surface area (Å²) in [5, 5.41) is 0. The molecule has 0 bridgehead atoms. The molecule has 0 N–H and O–H groups in total. The predicted octanol–water partition coefficient (Wildman–Crippen LogP) is 5.62. The van der Waals surface area contributed by atoms with E-state index in [9.17, 15) is 4.79 Å². The van der Waals surface area contributed by atoms with Crippen molar-refractivity contribution in [2.24, 2.45) is 0 Å². The van der Waals surface area contributed by atoms with Gasteiger partial charge in [0.15, 0.2) is 0 Å². The topological polar surface area (TPSA) is 26.3 Å². The standard InChI is InChI=1S/C16H31BrO2/c1-3-5-6-7-8-9-10-11-12-15(17)13-14-16(18)19-4-2/h15H,3-14H2,1-2H3. The van der Waals surface area contributed by atoms with Crippen LogP contribution in [0.4, 0.5) is 0 Å². The summed E-state index contributed by atoms with van der Waals surface area (Å²) in [6.07, 6.45) is 13.5. The average Bonchev–Trinajstić information content (AvgIpc) is 2.40. The van der Waals surface area contributed by atoms with Crippen LogP contribution < -0.4 is 0 Å². The molecule has 0 aliphatic heterocycles. The van der Waals surface area contributed by atoms with Gasteiger partial charge in [-0.1, -0.05) is 74.2 Å². The number of esters is 1. The molecule has 0 aromatic carbocycles. The lowest BCUT2D eigenvalue weighted by molar-refractivity contribution is -0.143. The second-order valence-corrected chi connectivity index (χ2v) is 6.50. The van der Waals surface area contributed by atoms with E-state index in [1.54, 1.807) is 0 Å². The fraction of sp³-hybridized carbons (Fsp3) is 0.938. The van der Waals surface area contributed by atoms with Gasteiger partial charge in [-0.15, -0.1) is 0 Å². The molecule has 0 radical (unpaired) electrons. The van der Waals surface area contributed by atoms with Crippen LogP contribution >= 0.6 is 15.9 Å². The van der Waals surface area contributed by atoms with Crippen LogP contribution in [0.1, 0.15) is 84.5 Å². The normalized spacial score (nSPS) is 12.4. The van der Waals surface area contributed by atoms with E-state index in [4.69, 9.17) is 4.74 Å². The lowest BCUT2D eigenvalue weighted by Gasteiger charge is -2.09. The van der Waals surface area contributed by atoms with Crippen molar-refractivity contribution < 1.29 is 9.53 Å². The summed E-state index contributed by atoms with van der Waals surface area (Å²) in [5.41, 5.74) is 0. The van der Waals surface area contributed by atoms with Crippen molar-refractivity contribution in [3.05, 3.63) is 0 Å². The summed E-state index contributed by atoms with van der Waals surface area (Å²) in [7, 11) is 0. The first kappa shape index (κ1) is 18.9. The van der Waals surface area contributed by atoms with E-state index in [2.05, 4.69) is 22.9 Å². The van der Waals surface area contributed by atoms with Crippen LogP contribution in [0.25, 0.3) is 0 Å². The van der Waals surface area contributed by atoms with Gasteiger partial charge in [0.05, 0.1) is 6.61 Å². The summed E-state index contributed by atoms with van der Waals surface area (Å²) in [6.45, 7) is 4.60. The Labute approximate surface area is 127 Å². The molecule has 19 heavy (non-hydrogen) atoms. The Hall–Kier alpha value is -0.0500. The van der Waals surface area contributed by atoms with Crippen LogP contribution in [-0.2, 0) is 9.53 Å². The van der Waals surface area contributed by atoms with Crippen molar-refractivity contribution in [2.45, 2.75) is 89.3 Å². The summed E-state index contributed by atoms with van der Waals surface area (Å²) in [4.78, 5) is 11.7. The number of hydrogen-bond donors (Lipinski definition) is 0. The van der Waals surface area contributed by atoms with Crippen LogP contribution in [-0.4, -0.2) is 17.4 Å². The molecule has 0 spiro atoms. The van der Waals surface area contributed by atoms with Crippen molar-refractivity contribution in [3.63, 3.8) is 0 Å². The number of carbonyl (C=O) groups is 1. The van der Waals surface area contributed by atoms with Crippen molar-refractivity contribution in [2.75, 3.05) is 6.61 Å². The highest BCUT2D eigenvalue weighted by Crippen LogP contribution is 2.18. The summed E-state index contributed by atoms with van der Waals surface area (Å²) in [5.74, 6) is -0.0668. The maximum absolute atomic E-state index is 11.2. The minimum atomic E-state index is -0.0668. The van der Waals surface area contributed by atoms with Gasteiger partial charge < -0.3 is 4.74 Å². The number of hydrogen-bond acceptors (Lipinski definition) is 2. The predicted molar refractivity (Wildman–Crippen MR) is 85.8 cm³/mol. The van der Waals surface area contributed by atoms with Gasteiger partial charge in [0.2, 0.25) is 0 Å². The van der Waals surface area contributed by atoms with E-state index in [-0.39, 0.29) is 5.97 Å². The summed E-state index contributed by atoms with van der Waals surface area (Å²) in [6, 6.07) is 0. The molecule has 2 nitrogen and oxygen atoms in total. The maximum Gasteiger partial charge on any atom is 0.305 e. The van der Waals surface area contributed by atoms with Crippen LogP contribution in [0.2, 0.25) is 0 Å². The molecule has 0 aromatic rings. The van der Waals surface area contributed by atoms with Gasteiger partial charge in [-0.2, -0.15) is 0 Å². The third-order valence-electron chi connectivity index (χ3n) is 3.34. The summed E-state index contributed by atoms with van der Waals surface area (Å²) < 4.78 is 4.92. The zero-order valence-corrected chi connectivity index (χ0v) is 14.3. The molecule has 0 amide bonds. The zero-order chi connectivity index (χ0) is 14.3. The molecule has 0 saturated carbocycles. The Morgan fingerprint density at radius 1 is 0.947 bits per heavy atom. The second kappa shape index (κ2) is 14.4. The number of unbranched alkanes of at least 4 members (excludes halogenated alkanes) is 7. The first-order chi connectivity index (χ1) is 9.20. The van der Waals surface area contributed by atoms with E-state index in [1.165, 1.54) is 57.8 Å². The van der Waals surface area contributed by atoms with Crippen molar-refractivity contribution in [1.82, 2.24) is 0 Å². The van der Waals surface area contributed by atoms with Crippen molar-refractivity contribution in [3.8, 4) is 0 Å². The summed E-state index contributed by atoms with van der Waals surface area (Å²) >= 11 is 3.65. The molecule has 0 aliphatic rings. The molecule has 1 unspecified atom stereocenters. The van der Waals surface area contributed by atoms with E-state index >= 15 is 0 Å². The van der Waals surface area contributed by atoms with E-state index < -0.39 is 0 Å². The van der Waals surface area contributed by atoms with Crippen LogP contribution in [0, 0.1) is 0 Å². The van der Waals surface area contributed by atoms with E-state index in [1.807, 2.05) is 6.92 Å². The third-order valence-corrected chi connectivity index (χ3v) is 4.25. The van der Waals surface area contributed by atoms with Crippen LogP contribution in [0.15, 0.2) is 0 Å². The number of alkyl halides is 1. The van der Waals surface area contributed by atoms with Gasteiger partial charge in [-0.3, -0.25) is 4.79 Å². The van der Waals surface area contributed by atoms with E-state index in [0.717, 1.165) is 6.42 Å². The van der Waals surface area contributed by atoms with Gasteiger partial charge >= 0.3 is 5.97 Å². The quantitative estimate of drug-likeness (QED) is 0.248. The Bertz CT molecular complexity index is 207. The van der Waals surface area contributed by atoms with Gasteiger partial charge in [-0.05, 0) is 19.8 Å². The third kappa shape index (κ3) is 14.2. The largest absolute Gasteiger partial charge is 0.466 e. The van der Waals surface area contributed by atoms with Crippen LogP contribution in [0.3, 0.4) is 0 Å². The first-order valence-electron chi connectivity index (χ1n) is 8.00. The highest BCUT2D eigenvalue weighted by molar-refractivity contribution is 9.09. The highest BCUT2D eigenvalue weighted by atomic mass is 79.9. The molecular weight excluding hydrogens is 304 g/mol. The molecule has 1 atom stereocenters. The highest BCUT2D eigenvalue weighted by Gasteiger charge is 2.08. The lowest BCUT2D eigenvalue weighted by Crippen LogP contribution is -2.07. The van der Waals surface area contributed by atoms with Crippen molar-refractivity contribution in [1.29, 1.82) is 0 Å². The molecule has 0 heterocycles. The smallest absolute Gasteiger partial charge is 0.305 e. The zero-order valence-electron chi connectivity index (χ0n) is 12.8. The Kier molecular flexibility index (Phi) is 14.3. The number of halogens is 1. The minimum Gasteiger partial charge on any atom is -0.466 e. The molecule has 3 heteroatoms. The van der Waals surface area contributed by atoms with Gasteiger partial charge in [0.1, 0.15) is 0 Å². The Morgan fingerprint density at radius 2 is 1.53 bits per heavy atom. The molecule has 114 valence electrons. The fourth-order valence-electron chi connectivity index (χ4n) is 2.15. The van der Waals surface area contributed by atoms with Crippen LogP contribution in [0.5, 0.6) is 0 Å². The van der Waals surface area contributed by atoms with Gasteiger partial charge in [0.25, 0.3) is 0 Å². The maximum atomic E-state index is 11.2.